The summed E-state index contributed by atoms with van der Waals surface area (Å²) in [5.74, 6) is 0.537. The van der Waals surface area contributed by atoms with Crippen molar-refractivity contribution in [3.63, 3.8) is 0 Å². The third-order valence-electron chi connectivity index (χ3n) is 3.64. The van der Waals surface area contributed by atoms with Crippen LogP contribution < -0.4 is 10.5 Å². The Morgan fingerprint density at radius 1 is 1.35 bits per heavy atom. The highest BCUT2D eigenvalue weighted by Gasteiger charge is 2.11. The molecule has 2 rings (SSSR count). The number of nitrogens with two attached hydrogens (primary N) is 1. The Labute approximate surface area is 120 Å². The lowest BCUT2D eigenvalue weighted by Crippen LogP contribution is -2.22. The summed E-state index contributed by atoms with van der Waals surface area (Å²) >= 11 is 0. The molecule has 1 aromatic rings. The smallest absolute Gasteiger partial charge is 0.123 e. The van der Waals surface area contributed by atoms with Crippen molar-refractivity contribution in [1.82, 2.24) is 4.90 Å². The summed E-state index contributed by atoms with van der Waals surface area (Å²) in [5.41, 5.74) is 6.66. The van der Waals surface area contributed by atoms with Gasteiger partial charge < -0.3 is 15.4 Å². The normalized spacial score (nSPS) is 17.4. The molecule has 4 heteroatoms. The van der Waals surface area contributed by atoms with Gasteiger partial charge in [-0.3, -0.25) is 0 Å². The van der Waals surface area contributed by atoms with E-state index in [1.54, 1.807) is 6.07 Å². The van der Waals surface area contributed by atoms with Gasteiger partial charge in [0.2, 0.25) is 0 Å². The number of halogens is 1. The Morgan fingerprint density at radius 3 is 2.80 bits per heavy atom. The number of hydrogen-bond acceptors (Lipinski definition) is 3. The van der Waals surface area contributed by atoms with E-state index in [1.807, 2.05) is 6.92 Å². The van der Waals surface area contributed by atoms with Crippen LogP contribution in [0.25, 0.3) is 0 Å². The molecule has 0 spiro atoms. The van der Waals surface area contributed by atoms with Crippen molar-refractivity contribution in [2.24, 2.45) is 5.73 Å². The molecular formula is C16H25FN2O. The zero-order chi connectivity index (χ0) is 14.4. The first kappa shape index (κ1) is 15.3. The molecule has 112 valence electrons. The molecular weight excluding hydrogens is 255 g/mol. The standard InChI is InChI=1S/C16H25FN2O/c1-13(18)11-14-12-15(17)5-6-16(14)20-10-4-9-19-7-2-3-8-19/h5-6,12-13H,2-4,7-11,18H2,1H3. The zero-order valence-electron chi connectivity index (χ0n) is 12.3. The minimum Gasteiger partial charge on any atom is -0.493 e. The van der Waals surface area contributed by atoms with E-state index in [4.69, 9.17) is 10.5 Å². The van der Waals surface area contributed by atoms with Gasteiger partial charge in [-0.25, -0.2) is 4.39 Å². The molecule has 3 nitrogen and oxygen atoms in total. The molecule has 1 aromatic carbocycles. The van der Waals surface area contributed by atoms with E-state index in [2.05, 4.69) is 4.90 Å². The molecule has 0 aliphatic carbocycles. The Bertz CT molecular complexity index is 417. The molecule has 1 aliphatic heterocycles. The topological polar surface area (TPSA) is 38.5 Å². The van der Waals surface area contributed by atoms with Crippen LogP contribution in [0.3, 0.4) is 0 Å². The average Bonchev–Trinajstić information content (AvgIpc) is 2.89. The number of benzene rings is 1. The van der Waals surface area contributed by atoms with E-state index < -0.39 is 0 Å². The van der Waals surface area contributed by atoms with Crippen LogP contribution in [0, 0.1) is 5.82 Å². The van der Waals surface area contributed by atoms with Gasteiger partial charge >= 0.3 is 0 Å². The van der Waals surface area contributed by atoms with Crippen LogP contribution in [-0.2, 0) is 6.42 Å². The van der Waals surface area contributed by atoms with Gasteiger partial charge in [-0.15, -0.1) is 0 Å². The highest BCUT2D eigenvalue weighted by molar-refractivity contribution is 5.34. The average molecular weight is 280 g/mol. The fourth-order valence-corrected chi connectivity index (χ4v) is 2.67. The molecule has 0 aromatic heterocycles. The van der Waals surface area contributed by atoms with Gasteiger partial charge in [-0.05, 0) is 69.5 Å². The van der Waals surface area contributed by atoms with Gasteiger partial charge in [-0.2, -0.15) is 0 Å². The SMILES string of the molecule is CC(N)Cc1cc(F)ccc1OCCCN1CCCC1. The van der Waals surface area contributed by atoms with Gasteiger partial charge in [-0.1, -0.05) is 0 Å². The number of likely N-dealkylation sites (tertiary alicyclic amines) is 1. The zero-order valence-corrected chi connectivity index (χ0v) is 12.3. The molecule has 1 heterocycles. The third kappa shape index (κ3) is 4.76. The van der Waals surface area contributed by atoms with E-state index in [1.165, 1.54) is 38.1 Å². The van der Waals surface area contributed by atoms with Crippen molar-refractivity contribution in [1.29, 1.82) is 0 Å². The molecule has 2 N–H and O–H groups in total. The van der Waals surface area contributed by atoms with Crippen LogP contribution in [-0.4, -0.2) is 37.2 Å². The summed E-state index contributed by atoms with van der Waals surface area (Å²) < 4.78 is 19.1. The first-order valence-corrected chi connectivity index (χ1v) is 7.54. The van der Waals surface area contributed by atoms with Crippen LogP contribution in [0.1, 0.15) is 31.7 Å². The molecule has 1 atom stereocenters. The van der Waals surface area contributed by atoms with Crippen molar-refractivity contribution in [3.8, 4) is 5.75 Å². The van der Waals surface area contributed by atoms with Crippen molar-refractivity contribution in [2.45, 2.75) is 38.6 Å². The van der Waals surface area contributed by atoms with Gasteiger partial charge in [0, 0.05) is 12.6 Å². The molecule has 1 aliphatic rings. The van der Waals surface area contributed by atoms with E-state index in [0.717, 1.165) is 24.3 Å². The van der Waals surface area contributed by atoms with Gasteiger partial charge in [0.05, 0.1) is 6.61 Å². The molecule has 1 fully saturated rings. The van der Waals surface area contributed by atoms with Crippen LogP contribution in [0.15, 0.2) is 18.2 Å². The van der Waals surface area contributed by atoms with Crippen LogP contribution in [0.5, 0.6) is 5.75 Å². The molecule has 0 bridgehead atoms. The van der Waals surface area contributed by atoms with Crippen LogP contribution in [0.4, 0.5) is 4.39 Å². The number of nitrogens with zero attached hydrogens (tertiary/aromatic N) is 1. The lowest BCUT2D eigenvalue weighted by atomic mass is 10.1. The summed E-state index contributed by atoms with van der Waals surface area (Å²) in [6.07, 6.45) is 4.28. The minimum atomic E-state index is -0.231. The van der Waals surface area contributed by atoms with Gasteiger partial charge in [0.25, 0.3) is 0 Å². The number of rotatable bonds is 7. The summed E-state index contributed by atoms with van der Waals surface area (Å²) in [6, 6.07) is 4.69. The van der Waals surface area contributed by atoms with Crippen LogP contribution >= 0.6 is 0 Å². The van der Waals surface area contributed by atoms with Crippen molar-refractivity contribution < 1.29 is 9.13 Å². The second-order valence-corrected chi connectivity index (χ2v) is 5.68. The Hall–Kier alpha value is -1.13. The van der Waals surface area contributed by atoms with Crippen molar-refractivity contribution in [3.05, 3.63) is 29.6 Å². The van der Waals surface area contributed by atoms with E-state index >= 15 is 0 Å². The Balaban J connectivity index is 1.81. The number of hydrogen-bond donors (Lipinski definition) is 1. The maximum atomic E-state index is 13.3. The second kappa shape index (κ2) is 7.60. The third-order valence-corrected chi connectivity index (χ3v) is 3.64. The summed E-state index contributed by atoms with van der Waals surface area (Å²) in [6.45, 7) is 6.11. The maximum absolute atomic E-state index is 13.3. The van der Waals surface area contributed by atoms with Crippen LogP contribution in [0.2, 0.25) is 0 Å². The highest BCUT2D eigenvalue weighted by Crippen LogP contribution is 2.21. The molecule has 0 amide bonds. The Kier molecular flexibility index (Phi) is 5.80. The highest BCUT2D eigenvalue weighted by atomic mass is 19.1. The minimum absolute atomic E-state index is 0.00347. The fraction of sp³-hybridized carbons (Fsp3) is 0.625. The molecule has 1 saturated heterocycles. The summed E-state index contributed by atoms with van der Waals surface area (Å²) in [4.78, 5) is 2.47. The monoisotopic (exact) mass is 280 g/mol. The maximum Gasteiger partial charge on any atom is 0.123 e. The Morgan fingerprint density at radius 2 is 2.10 bits per heavy atom. The molecule has 0 saturated carbocycles. The van der Waals surface area contributed by atoms with Crippen molar-refractivity contribution in [2.75, 3.05) is 26.2 Å². The largest absolute Gasteiger partial charge is 0.493 e. The number of ether oxygens (including phenoxy) is 1. The predicted molar refractivity (Wildman–Crippen MR) is 79.5 cm³/mol. The van der Waals surface area contributed by atoms with E-state index in [9.17, 15) is 4.39 Å². The lowest BCUT2D eigenvalue weighted by molar-refractivity contribution is 0.261. The quantitative estimate of drug-likeness (QED) is 0.780. The summed E-state index contributed by atoms with van der Waals surface area (Å²) in [5, 5.41) is 0. The fourth-order valence-electron chi connectivity index (χ4n) is 2.67. The molecule has 0 radical (unpaired) electrons. The summed E-state index contributed by atoms with van der Waals surface area (Å²) in [7, 11) is 0. The second-order valence-electron chi connectivity index (χ2n) is 5.68. The lowest BCUT2D eigenvalue weighted by Gasteiger charge is -2.16. The first-order chi connectivity index (χ1) is 9.65. The molecule has 1 unspecified atom stereocenters. The first-order valence-electron chi connectivity index (χ1n) is 7.54. The van der Waals surface area contributed by atoms with Gasteiger partial charge in [0.1, 0.15) is 11.6 Å². The van der Waals surface area contributed by atoms with Crippen molar-refractivity contribution >= 4 is 0 Å². The predicted octanol–water partition coefficient (Wildman–Crippen LogP) is 2.58. The molecule has 20 heavy (non-hydrogen) atoms. The van der Waals surface area contributed by atoms with E-state index in [0.29, 0.717) is 13.0 Å². The van der Waals surface area contributed by atoms with E-state index in [-0.39, 0.29) is 11.9 Å². The van der Waals surface area contributed by atoms with Gasteiger partial charge in [0.15, 0.2) is 0 Å².